The van der Waals surface area contributed by atoms with E-state index in [9.17, 15) is 19.0 Å². The number of nitrogens with zero attached hydrogens (tertiary/aromatic N) is 1. The molecule has 12 heteroatoms. The molecule has 1 saturated heterocycles. The van der Waals surface area contributed by atoms with Crippen molar-refractivity contribution in [1.82, 2.24) is 4.90 Å². The summed E-state index contributed by atoms with van der Waals surface area (Å²) in [6.45, 7) is -0.383. The van der Waals surface area contributed by atoms with Gasteiger partial charge in [0, 0.05) is 19.0 Å². The molecule has 0 aromatic carbocycles. The molecule has 22 heavy (non-hydrogen) atoms. The van der Waals surface area contributed by atoms with Gasteiger partial charge in [-0.15, -0.1) is 0 Å². The summed E-state index contributed by atoms with van der Waals surface area (Å²) in [4.78, 5) is 49.2. The fourth-order valence-corrected chi connectivity index (χ4v) is 4.74. The largest absolute Gasteiger partial charge is 0.387 e. The van der Waals surface area contributed by atoms with Crippen LogP contribution in [0.1, 0.15) is 32.1 Å². The van der Waals surface area contributed by atoms with Gasteiger partial charge < -0.3 is 34.7 Å². The summed E-state index contributed by atoms with van der Waals surface area (Å²) < 4.78 is 22.6. The van der Waals surface area contributed by atoms with Crippen molar-refractivity contribution in [3.05, 3.63) is 0 Å². The first-order chi connectivity index (χ1) is 9.94. The average molecular weight is 361 g/mol. The van der Waals surface area contributed by atoms with Crippen molar-refractivity contribution in [1.29, 1.82) is 0 Å². The lowest BCUT2D eigenvalue weighted by molar-refractivity contribution is -0.138. The normalized spacial score (nSPS) is 21.0. The van der Waals surface area contributed by atoms with Gasteiger partial charge in [-0.05, 0) is 25.7 Å². The van der Waals surface area contributed by atoms with Crippen LogP contribution in [0.2, 0.25) is 0 Å². The topological polar surface area (TPSA) is 176 Å². The Kier molecular flexibility index (Phi) is 6.34. The molecule has 1 unspecified atom stereocenters. The highest BCUT2D eigenvalue weighted by atomic mass is 31.2. The molecule has 6 N–H and O–H groups in total. The zero-order valence-corrected chi connectivity index (χ0v) is 13.6. The number of aliphatic hydroxyl groups is 2. The van der Waals surface area contributed by atoms with Crippen molar-refractivity contribution in [2.45, 2.75) is 43.2 Å². The Bertz CT molecular complexity index is 477. The monoisotopic (exact) mass is 361 g/mol. The molecule has 0 saturated carbocycles. The molecule has 0 aliphatic carbocycles. The molecule has 1 rings (SSSR count). The molecule has 10 nitrogen and oxygen atoms in total. The second kappa shape index (κ2) is 7.07. The second-order valence-electron chi connectivity index (χ2n) is 5.30. The smallest absolute Gasteiger partial charge is 0.369 e. The third-order valence-electron chi connectivity index (χ3n) is 3.83. The zero-order valence-electron chi connectivity index (χ0n) is 11.8. The van der Waals surface area contributed by atoms with E-state index in [0.29, 0.717) is 19.4 Å². The SMILES string of the molecule is O=C(CO)N1CCCCC1CCC(O)(P(=O)(O)O)P(=O)(O)O. The predicted octanol–water partition coefficient (Wildman–Crippen LogP) is -0.859. The summed E-state index contributed by atoms with van der Waals surface area (Å²) in [5.41, 5.74) is 0. The summed E-state index contributed by atoms with van der Waals surface area (Å²) in [7, 11) is -11.0. The molecule has 0 spiro atoms. The summed E-state index contributed by atoms with van der Waals surface area (Å²) in [6, 6.07) is -0.543. The lowest BCUT2D eigenvalue weighted by Crippen LogP contribution is -2.46. The van der Waals surface area contributed by atoms with Gasteiger partial charge >= 0.3 is 15.2 Å². The highest BCUT2D eigenvalue weighted by Crippen LogP contribution is 2.69. The first-order valence-corrected chi connectivity index (χ1v) is 9.90. The van der Waals surface area contributed by atoms with Gasteiger partial charge in [-0.3, -0.25) is 13.9 Å². The van der Waals surface area contributed by atoms with Gasteiger partial charge in [0.1, 0.15) is 6.61 Å². The molecule has 1 fully saturated rings. The van der Waals surface area contributed by atoms with Crippen molar-refractivity contribution >= 4 is 21.1 Å². The van der Waals surface area contributed by atoms with E-state index in [1.165, 1.54) is 4.90 Å². The van der Waals surface area contributed by atoms with Crippen LogP contribution in [-0.4, -0.2) is 64.9 Å². The standard InChI is InChI=1S/C10H21NO9P2/c12-7-9(13)11-6-2-1-3-8(11)4-5-10(14,21(15,16)17)22(18,19)20/h8,12,14H,1-7H2,(H2,15,16,17)(H2,18,19,20). The minimum Gasteiger partial charge on any atom is -0.387 e. The molecule has 0 aromatic rings. The van der Waals surface area contributed by atoms with Crippen LogP contribution in [0.4, 0.5) is 0 Å². The van der Waals surface area contributed by atoms with E-state index in [0.717, 1.165) is 6.42 Å². The minimum absolute atomic E-state index is 0.196. The second-order valence-corrected chi connectivity index (χ2v) is 9.30. The fourth-order valence-electron chi connectivity index (χ4n) is 2.54. The number of carbonyl (C=O) groups excluding carboxylic acids is 1. The molecule has 0 bridgehead atoms. The van der Waals surface area contributed by atoms with E-state index in [2.05, 4.69) is 0 Å². The Morgan fingerprint density at radius 3 is 2.14 bits per heavy atom. The third-order valence-corrected chi connectivity index (χ3v) is 7.71. The number of piperidine rings is 1. The van der Waals surface area contributed by atoms with E-state index < -0.39 is 45.3 Å². The summed E-state index contributed by atoms with van der Waals surface area (Å²) in [6.07, 6.45) is 0.831. The summed E-state index contributed by atoms with van der Waals surface area (Å²) in [5.74, 6) is -0.569. The molecule has 1 aliphatic heterocycles. The number of rotatable bonds is 6. The van der Waals surface area contributed by atoms with E-state index in [-0.39, 0.29) is 6.42 Å². The molecule has 130 valence electrons. The van der Waals surface area contributed by atoms with E-state index >= 15 is 0 Å². The Morgan fingerprint density at radius 1 is 1.14 bits per heavy atom. The van der Waals surface area contributed by atoms with Crippen molar-refractivity contribution in [3.8, 4) is 0 Å². The number of aliphatic hydroxyl groups excluding tert-OH is 1. The Morgan fingerprint density at radius 2 is 1.68 bits per heavy atom. The number of likely N-dealkylation sites (tertiary alicyclic amines) is 1. The van der Waals surface area contributed by atoms with Gasteiger partial charge in [-0.2, -0.15) is 0 Å². The summed E-state index contributed by atoms with van der Waals surface area (Å²) in [5, 5.41) is 15.3. The van der Waals surface area contributed by atoms with Gasteiger partial charge in [0.15, 0.2) is 0 Å². The molecule has 1 heterocycles. The van der Waals surface area contributed by atoms with Crippen molar-refractivity contribution < 1.29 is 43.7 Å². The van der Waals surface area contributed by atoms with E-state index in [1.54, 1.807) is 0 Å². The lowest BCUT2D eigenvalue weighted by Gasteiger charge is -2.37. The predicted molar refractivity (Wildman–Crippen MR) is 74.7 cm³/mol. The molecule has 1 amide bonds. The minimum atomic E-state index is -5.49. The maximum absolute atomic E-state index is 11.6. The van der Waals surface area contributed by atoms with E-state index in [1.807, 2.05) is 0 Å². The van der Waals surface area contributed by atoms with Crippen LogP contribution in [0.5, 0.6) is 0 Å². The average Bonchev–Trinajstić information content (AvgIpc) is 2.41. The first-order valence-electron chi connectivity index (χ1n) is 6.68. The van der Waals surface area contributed by atoms with Crippen LogP contribution in [-0.2, 0) is 13.9 Å². The zero-order chi connectivity index (χ0) is 17.2. The Balaban J connectivity index is 2.90. The molecule has 0 radical (unpaired) electrons. The van der Waals surface area contributed by atoms with Crippen LogP contribution in [0.3, 0.4) is 0 Å². The van der Waals surface area contributed by atoms with Crippen molar-refractivity contribution in [2.24, 2.45) is 0 Å². The maximum atomic E-state index is 11.6. The van der Waals surface area contributed by atoms with Gasteiger partial charge in [-0.1, -0.05) is 0 Å². The van der Waals surface area contributed by atoms with Gasteiger partial charge in [0.2, 0.25) is 5.91 Å². The van der Waals surface area contributed by atoms with Gasteiger partial charge in [0.05, 0.1) is 0 Å². The molecular formula is C10H21NO9P2. The van der Waals surface area contributed by atoms with Crippen LogP contribution in [0, 0.1) is 0 Å². The van der Waals surface area contributed by atoms with Crippen LogP contribution < -0.4 is 0 Å². The Labute approximate surface area is 127 Å². The van der Waals surface area contributed by atoms with Crippen molar-refractivity contribution in [2.75, 3.05) is 13.2 Å². The van der Waals surface area contributed by atoms with E-state index in [4.69, 9.17) is 24.7 Å². The molecular weight excluding hydrogens is 340 g/mol. The van der Waals surface area contributed by atoms with Crippen LogP contribution in [0.15, 0.2) is 0 Å². The lowest BCUT2D eigenvalue weighted by atomic mass is 9.98. The summed E-state index contributed by atoms with van der Waals surface area (Å²) >= 11 is 0. The quantitative estimate of drug-likeness (QED) is 0.329. The molecule has 1 atom stereocenters. The number of carbonyl (C=O) groups is 1. The third kappa shape index (κ3) is 4.15. The van der Waals surface area contributed by atoms with Crippen LogP contribution in [0.25, 0.3) is 0 Å². The fraction of sp³-hybridized carbons (Fsp3) is 0.900. The Hall–Kier alpha value is -0.310. The number of hydrogen-bond acceptors (Lipinski definition) is 5. The van der Waals surface area contributed by atoms with Crippen molar-refractivity contribution in [3.63, 3.8) is 0 Å². The highest BCUT2D eigenvalue weighted by Gasteiger charge is 2.59. The number of hydrogen-bond donors (Lipinski definition) is 6. The number of amides is 1. The highest BCUT2D eigenvalue weighted by molar-refractivity contribution is 7.72. The van der Waals surface area contributed by atoms with Crippen LogP contribution >= 0.6 is 15.2 Å². The first kappa shape index (κ1) is 19.7. The van der Waals surface area contributed by atoms with Gasteiger partial charge in [0.25, 0.3) is 5.08 Å². The maximum Gasteiger partial charge on any atom is 0.369 e. The molecule has 0 aromatic heterocycles. The molecule has 1 aliphatic rings. The van der Waals surface area contributed by atoms with Gasteiger partial charge in [-0.25, -0.2) is 0 Å².